The van der Waals surface area contributed by atoms with Crippen molar-refractivity contribution >= 4 is 22.4 Å². The summed E-state index contributed by atoms with van der Waals surface area (Å²) in [7, 11) is 1.70. The second kappa shape index (κ2) is 8.05. The van der Waals surface area contributed by atoms with E-state index in [2.05, 4.69) is 35.1 Å². The number of ether oxygens (including phenoxy) is 1. The molecule has 3 N–H and O–H groups in total. The fourth-order valence-corrected chi connectivity index (χ4v) is 4.39. The molecule has 0 spiro atoms. The average molecular weight is 375 g/mol. The summed E-state index contributed by atoms with van der Waals surface area (Å²) >= 11 is 1.48. The van der Waals surface area contributed by atoms with Crippen LogP contribution in [0.25, 0.3) is 0 Å². The SMILES string of the molecule is CCN(CC)Cc1cc([C@H]2CC(=O)NCc3nc(N)sc32)ccc1OC. The summed E-state index contributed by atoms with van der Waals surface area (Å²) in [6.45, 7) is 7.53. The lowest BCUT2D eigenvalue weighted by Gasteiger charge is -2.22. The fraction of sp³-hybridized carbons (Fsp3) is 0.474. The summed E-state index contributed by atoms with van der Waals surface area (Å²) in [6, 6.07) is 6.22. The van der Waals surface area contributed by atoms with Crippen molar-refractivity contribution in [3.63, 3.8) is 0 Å². The summed E-state index contributed by atoms with van der Waals surface area (Å²) in [4.78, 5) is 20.0. The number of aromatic nitrogens is 1. The van der Waals surface area contributed by atoms with Crippen LogP contribution in [-0.2, 0) is 17.9 Å². The van der Waals surface area contributed by atoms with E-state index in [4.69, 9.17) is 10.5 Å². The number of anilines is 1. The quantitative estimate of drug-likeness (QED) is 0.813. The maximum atomic E-state index is 12.2. The first-order valence-corrected chi connectivity index (χ1v) is 9.78. The van der Waals surface area contributed by atoms with E-state index in [0.717, 1.165) is 47.1 Å². The fourth-order valence-electron chi connectivity index (χ4n) is 3.41. The van der Waals surface area contributed by atoms with Crippen LogP contribution < -0.4 is 15.8 Å². The first kappa shape index (κ1) is 18.7. The zero-order valence-corrected chi connectivity index (χ0v) is 16.4. The van der Waals surface area contributed by atoms with Crippen LogP contribution in [0.2, 0.25) is 0 Å². The molecule has 1 aliphatic heterocycles. The molecular formula is C19H26N4O2S. The molecule has 0 radical (unpaired) electrons. The molecule has 140 valence electrons. The number of nitrogens with zero attached hydrogens (tertiary/aromatic N) is 2. The average Bonchev–Trinajstić information content (AvgIpc) is 2.95. The first-order chi connectivity index (χ1) is 12.5. The summed E-state index contributed by atoms with van der Waals surface area (Å²) in [6.07, 6.45) is 0.408. The molecule has 1 amide bonds. The van der Waals surface area contributed by atoms with Crippen molar-refractivity contribution in [1.82, 2.24) is 15.2 Å². The number of amides is 1. The highest BCUT2D eigenvalue weighted by Crippen LogP contribution is 2.38. The predicted molar refractivity (Wildman–Crippen MR) is 104 cm³/mol. The zero-order chi connectivity index (χ0) is 18.7. The van der Waals surface area contributed by atoms with Gasteiger partial charge in [-0.2, -0.15) is 0 Å². The molecule has 2 heterocycles. The summed E-state index contributed by atoms with van der Waals surface area (Å²) < 4.78 is 5.56. The van der Waals surface area contributed by atoms with E-state index in [1.165, 1.54) is 11.3 Å². The molecule has 6 nitrogen and oxygen atoms in total. The minimum Gasteiger partial charge on any atom is -0.496 e. The number of carbonyl (C=O) groups is 1. The Hall–Kier alpha value is -2.12. The summed E-state index contributed by atoms with van der Waals surface area (Å²) in [5, 5.41) is 3.47. The van der Waals surface area contributed by atoms with Crippen LogP contribution in [0.4, 0.5) is 5.13 Å². The van der Waals surface area contributed by atoms with Gasteiger partial charge in [0.1, 0.15) is 5.75 Å². The minimum atomic E-state index is -0.0244. The number of fused-ring (bicyclic) bond motifs is 1. The topological polar surface area (TPSA) is 80.5 Å². The molecule has 0 bridgehead atoms. The Morgan fingerprint density at radius 2 is 2.15 bits per heavy atom. The molecule has 0 saturated heterocycles. The summed E-state index contributed by atoms with van der Waals surface area (Å²) in [5.41, 5.74) is 9.05. The lowest BCUT2D eigenvalue weighted by molar-refractivity contribution is -0.121. The zero-order valence-electron chi connectivity index (χ0n) is 15.5. The third-order valence-electron chi connectivity index (χ3n) is 4.90. The van der Waals surface area contributed by atoms with Gasteiger partial charge in [-0.25, -0.2) is 4.98 Å². The molecule has 1 aromatic heterocycles. The molecule has 0 unspecified atom stereocenters. The van der Waals surface area contributed by atoms with Gasteiger partial charge in [-0.1, -0.05) is 26.0 Å². The van der Waals surface area contributed by atoms with Crippen LogP contribution in [0.3, 0.4) is 0 Å². The number of nitrogens with one attached hydrogen (secondary N) is 1. The van der Waals surface area contributed by atoms with Crippen molar-refractivity contribution < 1.29 is 9.53 Å². The molecule has 1 aliphatic rings. The van der Waals surface area contributed by atoms with Crippen molar-refractivity contribution in [2.24, 2.45) is 0 Å². The van der Waals surface area contributed by atoms with Crippen LogP contribution in [0.1, 0.15) is 47.9 Å². The number of hydrogen-bond acceptors (Lipinski definition) is 6. The maximum Gasteiger partial charge on any atom is 0.221 e. The van der Waals surface area contributed by atoms with Gasteiger partial charge in [-0.15, -0.1) is 11.3 Å². The Labute approximate surface area is 158 Å². The molecule has 2 aromatic rings. The van der Waals surface area contributed by atoms with Gasteiger partial charge in [0.05, 0.1) is 19.3 Å². The highest BCUT2D eigenvalue weighted by atomic mass is 32.1. The van der Waals surface area contributed by atoms with Crippen LogP contribution in [-0.4, -0.2) is 36.0 Å². The number of benzene rings is 1. The highest BCUT2D eigenvalue weighted by molar-refractivity contribution is 7.15. The number of hydrogen-bond donors (Lipinski definition) is 2. The molecule has 0 saturated carbocycles. The molecule has 1 atom stereocenters. The molecule has 0 fully saturated rings. The monoisotopic (exact) mass is 374 g/mol. The number of rotatable bonds is 6. The number of carbonyl (C=O) groups excluding carboxylic acids is 1. The Bertz CT molecular complexity index is 786. The van der Waals surface area contributed by atoms with Gasteiger partial charge in [-0.3, -0.25) is 9.69 Å². The standard InChI is InChI=1S/C19H26N4O2S/c1-4-23(5-2)11-13-8-12(6-7-16(13)25-3)14-9-17(24)21-10-15-18(14)26-19(20)22-15/h6-8,14H,4-5,9-11H2,1-3H3,(H2,20,22)(H,21,24)/t14-/m1/s1. The van der Waals surface area contributed by atoms with Crippen molar-refractivity contribution in [3.8, 4) is 5.75 Å². The van der Waals surface area contributed by atoms with Gasteiger partial charge >= 0.3 is 0 Å². The number of methoxy groups -OCH3 is 1. The molecule has 1 aromatic carbocycles. The first-order valence-electron chi connectivity index (χ1n) is 8.96. The largest absolute Gasteiger partial charge is 0.496 e. The predicted octanol–water partition coefficient (Wildman–Crippen LogP) is 2.73. The van der Waals surface area contributed by atoms with Crippen LogP contribution >= 0.6 is 11.3 Å². The third-order valence-corrected chi connectivity index (χ3v) is 5.94. The maximum absolute atomic E-state index is 12.2. The smallest absolute Gasteiger partial charge is 0.221 e. The van der Waals surface area contributed by atoms with Gasteiger partial charge in [0.2, 0.25) is 5.91 Å². The van der Waals surface area contributed by atoms with Gasteiger partial charge in [0.15, 0.2) is 5.13 Å². The Balaban J connectivity index is 2.01. The van der Waals surface area contributed by atoms with E-state index < -0.39 is 0 Å². The van der Waals surface area contributed by atoms with Crippen molar-refractivity contribution in [2.75, 3.05) is 25.9 Å². The molecule has 0 aliphatic carbocycles. The van der Waals surface area contributed by atoms with Crippen LogP contribution in [0, 0.1) is 0 Å². The normalized spacial score (nSPS) is 16.9. The van der Waals surface area contributed by atoms with Gasteiger partial charge in [0, 0.05) is 29.3 Å². The van der Waals surface area contributed by atoms with Crippen molar-refractivity contribution in [2.45, 2.75) is 39.3 Å². The van der Waals surface area contributed by atoms with E-state index in [1.54, 1.807) is 7.11 Å². The van der Waals surface area contributed by atoms with Gasteiger partial charge < -0.3 is 15.8 Å². The van der Waals surface area contributed by atoms with Crippen LogP contribution in [0.15, 0.2) is 18.2 Å². The van der Waals surface area contributed by atoms with Gasteiger partial charge in [0.25, 0.3) is 0 Å². The van der Waals surface area contributed by atoms with E-state index in [-0.39, 0.29) is 11.8 Å². The summed E-state index contributed by atoms with van der Waals surface area (Å²) in [5.74, 6) is 0.895. The highest BCUT2D eigenvalue weighted by Gasteiger charge is 2.28. The Morgan fingerprint density at radius 3 is 2.85 bits per heavy atom. The second-order valence-electron chi connectivity index (χ2n) is 6.43. The number of thiazole rings is 1. The lowest BCUT2D eigenvalue weighted by atomic mass is 9.92. The van der Waals surface area contributed by atoms with E-state index in [1.807, 2.05) is 12.1 Å². The number of nitrogens with two attached hydrogens (primary N) is 1. The molecule has 3 rings (SSSR count). The van der Waals surface area contributed by atoms with Crippen LogP contribution in [0.5, 0.6) is 5.75 Å². The molecule has 26 heavy (non-hydrogen) atoms. The Morgan fingerprint density at radius 1 is 1.38 bits per heavy atom. The van der Waals surface area contributed by atoms with E-state index in [0.29, 0.717) is 18.1 Å². The molecule has 7 heteroatoms. The number of nitrogen functional groups attached to an aromatic ring is 1. The van der Waals surface area contributed by atoms with Gasteiger partial charge in [-0.05, 0) is 24.7 Å². The third kappa shape index (κ3) is 3.83. The lowest BCUT2D eigenvalue weighted by Crippen LogP contribution is -2.23. The van der Waals surface area contributed by atoms with Crippen molar-refractivity contribution in [3.05, 3.63) is 39.9 Å². The minimum absolute atomic E-state index is 0.0244. The second-order valence-corrected chi connectivity index (χ2v) is 7.49. The van der Waals surface area contributed by atoms with E-state index in [9.17, 15) is 4.79 Å². The Kier molecular flexibility index (Phi) is 5.78. The van der Waals surface area contributed by atoms with Crippen molar-refractivity contribution in [1.29, 1.82) is 0 Å². The van der Waals surface area contributed by atoms with E-state index >= 15 is 0 Å². The molecular weight excluding hydrogens is 348 g/mol.